The topological polar surface area (TPSA) is 66.0 Å². The Morgan fingerprint density at radius 2 is 1.96 bits per heavy atom. The molecule has 0 aromatic heterocycles. The summed E-state index contributed by atoms with van der Waals surface area (Å²) < 4.78 is 5.72. The molecule has 0 aliphatic heterocycles. The van der Waals surface area contributed by atoms with E-state index in [1.807, 2.05) is 38.2 Å². The molecule has 0 atom stereocenters. The van der Waals surface area contributed by atoms with Crippen LogP contribution in [0.25, 0.3) is 0 Å². The molecule has 6 nitrogen and oxygen atoms in total. The Hall–Kier alpha value is -1.35. The van der Waals surface area contributed by atoms with Gasteiger partial charge in [0.1, 0.15) is 0 Å². The van der Waals surface area contributed by atoms with Crippen LogP contribution in [0.1, 0.15) is 45.1 Å². The van der Waals surface area contributed by atoms with E-state index in [-0.39, 0.29) is 29.9 Å². The Labute approximate surface area is 186 Å². The number of nitrogens with zero attached hydrogens (tertiary/aromatic N) is 2. The summed E-state index contributed by atoms with van der Waals surface area (Å²) in [5.41, 5.74) is 1.94. The number of hydrogen-bond acceptors (Lipinski definition) is 3. The van der Waals surface area contributed by atoms with Gasteiger partial charge in [0, 0.05) is 38.9 Å². The molecule has 1 aromatic carbocycles. The average Bonchev–Trinajstić information content (AvgIpc) is 3.48. The molecule has 2 N–H and O–H groups in total. The van der Waals surface area contributed by atoms with Crippen molar-refractivity contribution in [1.29, 1.82) is 0 Å². The minimum atomic E-state index is 0. The lowest BCUT2D eigenvalue weighted by molar-refractivity contribution is -0.116. The van der Waals surface area contributed by atoms with E-state index >= 15 is 0 Å². The number of rotatable bonds is 11. The minimum Gasteiger partial charge on any atom is -0.379 e. The van der Waals surface area contributed by atoms with Gasteiger partial charge in [0.05, 0.1) is 13.2 Å². The van der Waals surface area contributed by atoms with E-state index in [2.05, 4.69) is 22.5 Å². The van der Waals surface area contributed by atoms with E-state index in [1.165, 1.54) is 12.8 Å². The van der Waals surface area contributed by atoms with Crippen molar-refractivity contribution in [2.75, 3.05) is 38.7 Å². The highest BCUT2D eigenvalue weighted by molar-refractivity contribution is 14.0. The number of ether oxygens (including phenoxy) is 1. The zero-order valence-corrected chi connectivity index (χ0v) is 19.7. The number of anilines is 1. The molecule has 7 heteroatoms. The molecule has 0 radical (unpaired) electrons. The first-order valence-electron chi connectivity index (χ1n) is 10.1. The molecule has 0 unspecified atom stereocenters. The van der Waals surface area contributed by atoms with Gasteiger partial charge in [-0.2, -0.15) is 0 Å². The summed E-state index contributed by atoms with van der Waals surface area (Å²) >= 11 is 0. The summed E-state index contributed by atoms with van der Waals surface area (Å²) in [5, 5.41) is 6.23. The van der Waals surface area contributed by atoms with Gasteiger partial charge < -0.3 is 20.3 Å². The maximum Gasteiger partial charge on any atom is 0.224 e. The molecule has 1 aliphatic carbocycles. The molecule has 1 fully saturated rings. The predicted molar refractivity (Wildman–Crippen MR) is 126 cm³/mol. The zero-order chi connectivity index (χ0) is 19.5. The normalized spacial score (nSPS) is 13.6. The third kappa shape index (κ3) is 9.73. The highest BCUT2D eigenvalue weighted by atomic mass is 127. The molecule has 2 rings (SSSR count). The van der Waals surface area contributed by atoms with E-state index in [0.29, 0.717) is 13.0 Å². The fraction of sp³-hybridized carbons (Fsp3) is 0.619. The minimum absolute atomic E-state index is 0. The molecule has 158 valence electrons. The second-order valence-corrected chi connectivity index (χ2v) is 7.11. The molecule has 1 aliphatic rings. The van der Waals surface area contributed by atoms with Gasteiger partial charge in [-0.05, 0) is 49.8 Å². The molecule has 0 spiro atoms. The standard InChI is InChI=1S/C21H34N4O2.HI/c1-4-6-20(26)24-19-11-9-17(10-12-19)15-23-21(22-5-2)25(3)13-14-27-16-18-7-8-18;/h9-12,18H,4-8,13-16H2,1-3H3,(H,22,23)(H,24,26);1H. The lowest BCUT2D eigenvalue weighted by Gasteiger charge is -2.22. The van der Waals surface area contributed by atoms with Gasteiger partial charge in [0.2, 0.25) is 5.91 Å². The molecule has 0 bridgehead atoms. The quantitative estimate of drug-likeness (QED) is 0.209. The first kappa shape index (κ1) is 24.7. The summed E-state index contributed by atoms with van der Waals surface area (Å²) in [7, 11) is 2.04. The van der Waals surface area contributed by atoms with Crippen molar-refractivity contribution in [3.63, 3.8) is 0 Å². The molecule has 1 saturated carbocycles. The van der Waals surface area contributed by atoms with Gasteiger partial charge in [-0.25, -0.2) is 4.99 Å². The van der Waals surface area contributed by atoms with Gasteiger partial charge in [-0.1, -0.05) is 19.1 Å². The maximum absolute atomic E-state index is 11.7. The van der Waals surface area contributed by atoms with Crippen molar-refractivity contribution in [3.05, 3.63) is 29.8 Å². The van der Waals surface area contributed by atoms with E-state index < -0.39 is 0 Å². The number of hydrogen-bond donors (Lipinski definition) is 2. The van der Waals surface area contributed by atoms with E-state index in [1.54, 1.807) is 0 Å². The van der Waals surface area contributed by atoms with Crippen LogP contribution in [0.15, 0.2) is 29.3 Å². The van der Waals surface area contributed by atoms with Crippen LogP contribution in [0.4, 0.5) is 5.69 Å². The number of benzene rings is 1. The van der Waals surface area contributed by atoms with Gasteiger partial charge in [0.15, 0.2) is 5.96 Å². The zero-order valence-electron chi connectivity index (χ0n) is 17.4. The Morgan fingerprint density at radius 3 is 2.57 bits per heavy atom. The van der Waals surface area contributed by atoms with Crippen LogP contribution in [0.3, 0.4) is 0 Å². The van der Waals surface area contributed by atoms with Crippen LogP contribution in [0.2, 0.25) is 0 Å². The summed E-state index contributed by atoms with van der Waals surface area (Å²) in [5.74, 6) is 1.74. The average molecular weight is 502 g/mol. The van der Waals surface area contributed by atoms with Crippen molar-refractivity contribution >= 4 is 41.5 Å². The second kappa shape index (κ2) is 13.8. The first-order chi connectivity index (χ1) is 13.1. The third-order valence-electron chi connectivity index (χ3n) is 4.44. The van der Waals surface area contributed by atoms with Crippen molar-refractivity contribution in [2.45, 2.75) is 46.1 Å². The fourth-order valence-electron chi connectivity index (χ4n) is 2.62. The van der Waals surface area contributed by atoms with Crippen LogP contribution >= 0.6 is 24.0 Å². The molecule has 28 heavy (non-hydrogen) atoms. The van der Waals surface area contributed by atoms with Crippen LogP contribution < -0.4 is 10.6 Å². The van der Waals surface area contributed by atoms with Crippen LogP contribution in [0.5, 0.6) is 0 Å². The number of aliphatic imine (C=N–C) groups is 1. The smallest absolute Gasteiger partial charge is 0.224 e. The number of guanidine groups is 1. The van der Waals surface area contributed by atoms with Gasteiger partial charge in [0.25, 0.3) is 0 Å². The lowest BCUT2D eigenvalue weighted by Crippen LogP contribution is -2.40. The Bertz CT molecular complexity index is 603. The Morgan fingerprint density at radius 1 is 1.25 bits per heavy atom. The van der Waals surface area contributed by atoms with Crippen molar-refractivity contribution in [1.82, 2.24) is 10.2 Å². The molecular weight excluding hydrogens is 467 g/mol. The monoisotopic (exact) mass is 502 g/mol. The number of carbonyl (C=O) groups excluding carboxylic acids is 1. The number of halogens is 1. The number of likely N-dealkylation sites (N-methyl/N-ethyl adjacent to an activating group) is 1. The Kier molecular flexibility index (Phi) is 12.1. The molecule has 1 aromatic rings. The van der Waals surface area contributed by atoms with Crippen molar-refractivity contribution in [3.8, 4) is 0 Å². The van der Waals surface area contributed by atoms with Gasteiger partial charge >= 0.3 is 0 Å². The highest BCUT2D eigenvalue weighted by Crippen LogP contribution is 2.28. The number of carbonyl (C=O) groups is 1. The molecule has 0 heterocycles. The fourth-order valence-corrected chi connectivity index (χ4v) is 2.62. The highest BCUT2D eigenvalue weighted by Gasteiger charge is 2.21. The van der Waals surface area contributed by atoms with E-state index in [0.717, 1.165) is 55.9 Å². The summed E-state index contributed by atoms with van der Waals surface area (Å²) in [6, 6.07) is 7.88. The second-order valence-electron chi connectivity index (χ2n) is 7.11. The first-order valence-corrected chi connectivity index (χ1v) is 10.1. The predicted octanol–water partition coefficient (Wildman–Crippen LogP) is 3.87. The van der Waals surface area contributed by atoms with E-state index in [9.17, 15) is 4.79 Å². The summed E-state index contributed by atoms with van der Waals surface area (Å²) in [4.78, 5) is 18.5. The molecular formula is C21H35IN4O2. The summed E-state index contributed by atoms with van der Waals surface area (Å²) in [6.07, 6.45) is 4.04. The largest absolute Gasteiger partial charge is 0.379 e. The van der Waals surface area contributed by atoms with E-state index in [4.69, 9.17) is 9.73 Å². The molecule has 0 saturated heterocycles. The number of amides is 1. The van der Waals surface area contributed by atoms with Crippen molar-refractivity contribution < 1.29 is 9.53 Å². The van der Waals surface area contributed by atoms with Crippen molar-refractivity contribution in [2.24, 2.45) is 10.9 Å². The van der Waals surface area contributed by atoms with Crippen LogP contribution in [-0.2, 0) is 16.1 Å². The number of nitrogens with one attached hydrogen (secondary N) is 2. The SMILES string of the molecule is CCCC(=O)Nc1ccc(CN=C(NCC)N(C)CCOCC2CC2)cc1.I. The maximum atomic E-state index is 11.7. The lowest BCUT2D eigenvalue weighted by atomic mass is 10.2. The summed E-state index contributed by atoms with van der Waals surface area (Å²) in [6.45, 7) is 7.93. The van der Waals surface area contributed by atoms with Crippen LogP contribution in [-0.4, -0.2) is 50.1 Å². The van der Waals surface area contributed by atoms with Gasteiger partial charge in [-0.15, -0.1) is 24.0 Å². The Balaban J connectivity index is 0.00000392. The molecule has 1 amide bonds. The van der Waals surface area contributed by atoms with Gasteiger partial charge in [-0.3, -0.25) is 4.79 Å². The third-order valence-corrected chi connectivity index (χ3v) is 4.44. The van der Waals surface area contributed by atoms with Crippen LogP contribution in [0, 0.1) is 5.92 Å².